The van der Waals surface area contributed by atoms with Gasteiger partial charge in [0.2, 0.25) is 5.91 Å². The first kappa shape index (κ1) is 14.2. The van der Waals surface area contributed by atoms with Crippen LogP contribution in [-0.4, -0.2) is 29.4 Å². The van der Waals surface area contributed by atoms with E-state index in [4.69, 9.17) is 17.3 Å². The molecule has 7 heteroatoms. The van der Waals surface area contributed by atoms with Gasteiger partial charge in [0.1, 0.15) is 5.15 Å². The molecule has 0 saturated carbocycles. The molecule has 0 aliphatic heterocycles. The Bertz CT molecular complexity index is 462. The molecule has 0 fully saturated rings. The number of nitrogens with two attached hydrogens (primary N) is 1. The van der Waals surface area contributed by atoms with Crippen molar-refractivity contribution in [1.82, 2.24) is 15.6 Å². The summed E-state index contributed by atoms with van der Waals surface area (Å²) in [6, 6.07) is 1.38. The van der Waals surface area contributed by atoms with Gasteiger partial charge in [-0.25, -0.2) is 4.98 Å². The number of amides is 2. The van der Waals surface area contributed by atoms with Crippen LogP contribution in [0.2, 0.25) is 5.15 Å². The summed E-state index contributed by atoms with van der Waals surface area (Å²) in [7, 11) is 0. The van der Waals surface area contributed by atoms with Crippen molar-refractivity contribution in [2.75, 3.05) is 12.3 Å². The minimum atomic E-state index is -0.462. The SMILES string of the molecule is CC(C)NC(=O)CNC(=O)c1cc(Cl)ncc1N. The average molecular weight is 271 g/mol. The van der Waals surface area contributed by atoms with Crippen LogP contribution in [0.25, 0.3) is 0 Å². The Morgan fingerprint density at radius 3 is 2.78 bits per heavy atom. The van der Waals surface area contributed by atoms with Crippen LogP contribution in [0, 0.1) is 0 Å². The molecular formula is C11H15ClN4O2. The zero-order valence-corrected chi connectivity index (χ0v) is 10.9. The normalized spacial score (nSPS) is 10.2. The highest BCUT2D eigenvalue weighted by atomic mass is 35.5. The second-order valence-corrected chi connectivity index (χ2v) is 4.39. The maximum absolute atomic E-state index is 11.8. The fraction of sp³-hybridized carbons (Fsp3) is 0.364. The van der Waals surface area contributed by atoms with E-state index in [1.807, 2.05) is 13.8 Å². The summed E-state index contributed by atoms with van der Waals surface area (Å²) in [5, 5.41) is 5.27. The number of nitrogen functional groups attached to an aromatic ring is 1. The number of carbonyl (C=O) groups excluding carboxylic acids is 2. The van der Waals surface area contributed by atoms with Gasteiger partial charge in [-0.05, 0) is 19.9 Å². The van der Waals surface area contributed by atoms with Crippen LogP contribution in [0.3, 0.4) is 0 Å². The molecule has 6 nitrogen and oxygen atoms in total. The van der Waals surface area contributed by atoms with Crippen LogP contribution < -0.4 is 16.4 Å². The highest BCUT2D eigenvalue weighted by Gasteiger charge is 2.12. The lowest BCUT2D eigenvalue weighted by Gasteiger charge is -2.10. The molecule has 4 N–H and O–H groups in total. The van der Waals surface area contributed by atoms with Crippen molar-refractivity contribution in [3.8, 4) is 0 Å². The van der Waals surface area contributed by atoms with Gasteiger partial charge < -0.3 is 16.4 Å². The number of aromatic nitrogens is 1. The first-order chi connectivity index (χ1) is 8.40. The van der Waals surface area contributed by atoms with E-state index in [-0.39, 0.29) is 34.9 Å². The molecule has 2 amide bonds. The molecule has 0 radical (unpaired) electrons. The van der Waals surface area contributed by atoms with Crippen LogP contribution >= 0.6 is 11.6 Å². The van der Waals surface area contributed by atoms with Crippen molar-refractivity contribution in [3.63, 3.8) is 0 Å². The number of pyridine rings is 1. The first-order valence-corrected chi connectivity index (χ1v) is 5.76. The number of nitrogens with zero attached hydrogens (tertiary/aromatic N) is 1. The quantitative estimate of drug-likeness (QED) is 0.697. The Morgan fingerprint density at radius 2 is 2.17 bits per heavy atom. The van der Waals surface area contributed by atoms with Crippen LogP contribution in [0.15, 0.2) is 12.3 Å². The van der Waals surface area contributed by atoms with Gasteiger partial charge in [0, 0.05) is 6.04 Å². The molecule has 0 saturated heterocycles. The molecule has 0 bridgehead atoms. The van der Waals surface area contributed by atoms with E-state index in [0.717, 1.165) is 0 Å². The summed E-state index contributed by atoms with van der Waals surface area (Å²) in [5.74, 6) is -0.729. The minimum absolute atomic E-state index is 0.0230. The molecule has 0 atom stereocenters. The highest BCUT2D eigenvalue weighted by molar-refractivity contribution is 6.29. The van der Waals surface area contributed by atoms with E-state index in [1.54, 1.807) is 0 Å². The molecule has 1 heterocycles. The molecule has 1 rings (SSSR count). The first-order valence-electron chi connectivity index (χ1n) is 5.38. The number of anilines is 1. The molecular weight excluding hydrogens is 256 g/mol. The molecule has 1 aromatic heterocycles. The Balaban J connectivity index is 2.60. The van der Waals surface area contributed by atoms with E-state index in [9.17, 15) is 9.59 Å². The smallest absolute Gasteiger partial charge is 0.253 e. The lowest BCUT2D eigenvalue weighted by atomic mass is 10.2. The third kappa shape index (κ3) is 4.21. The number of carbonyl (C=O) groups is 2. The van der Waals surface area contributed by atoms with Crippen molar-refractivity contribution in [2.24, 2.45) is 0 Å². The molecule has 1 aromatic rings. The van der Waals surface area contributed by atoms with Gasteiger partial charge in [-0.1, -0.05) is 11.6 Å². The molecule has 0 unspecified atom stereocenters. The molecule has 0 aliphatic carbocycles. The molecule has 98 valence electrons. The van der Waals surface area contributed by atoms with Gasteiger partial charge in [0.15, 0.2) is 0 Å². The van der Waals surface area contributed by atoms with Crippen LogP contribution in [0.5, 0.6) is 0 Å². The summed E-state index contributed by atoms with van der Waals surface area (Å²) in [6.07, 6.45) is 1.30. The summed E-state index contributed by atoms with van der Waals surface area (Å²) < 4.78 is 0. The summed E-state index contributed by atoms with van der Waals surface area (Å²) in [5.41, 5.74) is 6.01. The average Bonchev–Trinajstić information content (AvgIpc) is 2.28. The van der Waals surface area contributed by atoms with E-state index in [2.05, 4.69) is 15.6 Å². The summed E-state index contributed by atoms with van der Waals surface area (Å²) >= 11 is 5.67. The van der Waals surface area contributed by atoms with E-state index < -0.39 is 5.91 Å². The van der Waals surface area contributed by atoms with Crippen molar-refractivity contribution in [2.45, 2.75) is 19.9 Å². The van der Waals surface area contributed by atoms with Crippen LogP contribution in [-0.2, 0) is 4.79 Å². The minimum Gasteiger partial charge on any atom is -0.397 e. The van der Waals surface area contributed by atoms with Crippen molar-refractivity contribution < 1.29 is 9.59 Å². The summed E-state index contributed by atoms with van der Waals surface area (Å²) in [4.78, 5) is 26.8. The van der Waals surface area contributed by atoms with E-state index in [1.165, 1.54) is 12.3 Å². The van der Waals surface area contributed by atoms with Crippen LogP contribution in [0.1, 0.15) is 24.2 Å². The van der Waals surface area contributed by atoms with E-state index in [0.29, 0.717) is 0 Å². The Kier molecular flexibility index (Phi) is 4.91. The summed E-state index contributed by atoms with van der Waals surface area (Å²) in [6.45, 7) is 3.55. The van der Waals surface area contributed by atoms with Crippen molar-refractivity contribution in [1.29, 1.82) is 0 Å². The number of rotatable bonds is 4. The second kappa shape index (κ2) is 6.20. The van der Waals surface area contributed by atoms with Gasteiger partial charge in [-0.2, -0.15) is 0 Å². The Labute approximate surface area is 110 Å². The van der Waals surface area contributed by atoms with Crippen molar-refractivity contribution >= 4 is 29.1 Å². The Hall–Kier alpha value is -1.82. The topological polar surface area (TPSA) is 97.1 Å². The predicted octanol–water partition coefficient (Wildman–Crippen LogP) is 0.572. The zero-order valence-electron chi connectivity index (χ0n) is 10.2. The van der Waals surface area contributed by atoms with Gasteiger partial charge in [0.25, 0.3) is 5.91 Å². The van der Waals surface area contributed by atoms with E-state index >= 15 is 0 Å². The third-order valence-electron chi connectivity index (χ3n) is 2.01. The third-order valence-corrected chi connectivity index (χ3v) is 2.21. The number of halogens is 1. The lowest BCUT2D eigenvalue weighted by Crippen LogP contribution is -2.40. The lowest BCUT2D eigenvalue weighted by molar-refractivity contribution is -0.120. The second-order valence-electron chi connectivity index (χ2n) is 4.00. The van der Waals surface area contributed by atoms with Gasteiger partial charge in [0.05, 0.1) is 24.0 Å². The largest absolute Gasteiger partial charge is 0.397 e. The van der Waals surface area contributed by atoms with Gasteiger partial charge >= 0.3 is 0 Å². The standard InChI is InChI=1S/C11H15ClN4O2/c1-6(2)16-10(17)5-15-11(18)7-3-9(12)14-4-8(7)13/h3-4,6H,5,13H2,1-2H3,(H,15,18)(H,16,17). The van der Waals surface area contributed by atoms with Gasteiger partial charge in [-0.3, -0.25) is 9.59 Å². The van der Waals surface area contributed by atoms with Gasteiger partial charge in [-0.15, -0.1) is 0 Å². The highest BCUT2D eigenvalue weighted by Crippen LogP contribution is 2.14. The fourth-order valence-electron chi connectivity index (χ4n) is 1.27. The molecule has 0 spiro atoms. The number of hydrogen-bond acceptors (Lipinski definition) is 4. The zero-order chi connectivity index (χ0) is 13.7. The number of nitrogens with one attached hydrogen (secondary N) is 2. The van der Waals surface area contributed by atoms with Crippen molar-refractivity contribution in [3.05, 3.63) is 23.0 Å². The maximum atomic E-state index is 11.8. The fourth-order valence-corrected chi connectivity index (χ4v) is 1.42. The molecule has 0 aromatic carbocycles. The predicted molar refractivity (Wildman–Crippen MR) is 69.3 cm³/mol. The maximum Gasteiger partial charge on any atom is 0.253 e. The molecule has 0 aliphatic rings. The monoisotopic (exact) mass is 270 g/mol. The number of hydrogen-bond donors (Lipinski definition) is 3. The van der Waals surface area contributed by atoms with Crippen LogP contribution in [0.4, 0.5) is 5.69 Å². The molecule has 18 heavy (non-hydrogen) atoms. The Morgan fingerprint density at radius 1 is 1.50 bits per heavy atom.